The maximum absolute atomic E-state index is 12.5. The van der Waals surface area contributed by atoms with Gasteiger partial charge in [0.1, 0.15) is 12.0 Å². The van der Waals surface area contributed by atoms with E-state index in [1.54, 1.807) is 16.9 Å². The van der Waals surface area contributed by atoms with Gasteiger partial charge in [0.05, 0.1) is 18.4 Å². The molecule has 1 saturated heterocycles. The summed E-state index contributed by atoms with van der Waals surface area (Å²) in [6.07, 6.45) is 5.10. The SMILES string of the molecule is CCNC(=NCc1cnn(C)c1)N1CCN(S(=O)(=O)Cc2ccon2)CC1.I. The van der Waals surface area contributed by atoms with E-state index in [1.165, 1.54) is 10.6 Å². The highest BCUT2D eigenvalue weighted by Gasteiger charge is 2.28. The normalized spacial score (nSPS) is 16.1. The molecule has 1 fully saturated rings. The van der Waals surface area contributed by atoms with Crippen LogP contribution in [-0.2, 0) is 29.4 Å². The van der Waals surface area contributed by atoms with E-state index in [1.807, 2.05) is 20.2 Å². The topological polar surface area (TPSA) is 109 Å². The summed E-state index contributed by atoms with van der Waals surface area (Å²) >= 11 is 0. The first-order valence-electron chi connectivity index (χ1n) is 8.86. The second kappa shape index (κ2) is 10.2. The van der Waals surface area contributed by atoms with Gasteiger partial charge in [-0.3, -0.25) is 4.68 Å². The molecule has 0 amide bonds. The predicted molar refractivity (Wildman–Crippen MR) is 116 cm³/mol. The van der Waals surface area contributed by atoms with Crippen LogP contribution in [0.2, 0.25) is 0 Å². The van der Waals surface area contributed by atoms with Crippen molar-refractivity contribution in [1.82, 2.24) is 29.5 Å². The molecule has 0 aromatic carbocycles. The van der Waals surface area contributed by atoms with Crippen molar-refractivity contribution < 1.29 is 12.9 Å². The smallest absolute Gasteiger partial charge is 0.220 e. The lowest BCUT2D eigenvalue weighted by atomic mass is 10.3. The molecule has 156 valence electrons. The van der Waals surface area contributed by atoms with E-state index in [2.05, 4.69) is 25.5 Å². The third kappa shape index (κ3) is 5.91. The van der Waals surface area contributed by atoms with Crippen LogP contribution in [0.3, 0.4) is 0 Å². The first-order chi connectivity index (χ1) is 13.0. The minimum atomic E-state index is -3.41. The molecule has 10 nitrogen and oxygen atoms in total. The van der Waals surface area contributed by atoms with Crippen LogP contribution >= 0.6 is 24.0 Å². The maximum Gasteiger partial charge on any atom is 0.220 e. The summed E-state index contributed by atoms with van der Waals surface area (Å²) in [5.41, 5.74) is 1.45. The number of aryl methyl sites for hydroxylation is 1. The van der Waals surface area contributed by atoms with E-state index in [9.17, 15) is 8.42 Å². The Hall–Kier alpha value is -1.67. The van der Waals surface area contributed by atoms with Gasteiger partial charge < -0.3 is 14.7 Å². The third-order valence-electron chi connectivity index (χ3n) is 4.26. The molecule has 28 heavy (non-hydrogen) atoms. The van der Waals surface area contributed by atoms with Crippen LogP contribution in [0.4, 0.5) is 0 Å². The van der Waals surface area contributed by atoms with Crippen molar-refractivity contribution in [3.63, 3.8) is 0 Å². The molecule has 2 aromatic rings. The van der Waals surface area contributed by atoms with Crippen LogP contribution in [-0.4, -0.2) is 71.2 Å². The lowest BCUT2D eigenvalue weighted by molar-refractivity contribution is 0.259. The monoisotopic (exact) mass is 523 g/mol. The molecule has 1 aliphatic rings. The van der Waals surface area contributed by atoms with Gasteiger partial charge in [-0.25, -0.2) is 13.4 Å². The molecule has 0 saturated carbocycles. The largest absolute Gasteiger partial charge is 0.364 e. The van der Waals surface area contributed by atoms with Crippen LogP contribution in [0.25, 0.3) is 0 Å². The van der Waals surface area contributed by atoms with Crippen molar-refractivity contribution in [2.45, 2.75) is 19.2 Å². The number of guanidine groups is 1. The number of halogens is 1. The first kappa shape index (κ1) is 22.6. The summed E-state index contributed by atoms with van der Waals surface area (Å²) in [5, 5.41) is 11.1. The Balaban J connectivity index is 0.00000280. The highest BCUT2D eigenvalue weighted by Crippen LogP contribution is 2.13. The average Bonchev–Trinajstić information content (AvgIpc) is 3.30. The van der Waals surface area contributed by atoms with Gasteiger partial charge in [-0.1, -0.05) is 5.16 Å². The zero-order valence-corrected chi connectivity index (χ0v) is 19.1. The standard InChI is InChI=1S/C16H25N7O3S.HI/c1-3-17-16(18-10-14-11-19-21(2)12-14)22-5-7-23(8-6-22)27(24,25)13-15-4-9-26-20-15;/h4,9,11-12H,3,5-8,10,13H2,1-2H3,(H,17,18);1H. The molecule has 12 heteroatoms. The van der Waals surface area contributed by atoms with Crippen molar-refractivity contribution >= 4 is 40.0 Å². The van der Waals surface area contributed by atoms with Gasteiger partial charge in [-0.05, 0) is 6.92 Å². The summed E-state index contributed by atoms with van der Waals surface area (Å²) in [4.78, 5) is 6.74. The Morgan fingerprint density at radius 2 is 2.07 bits per heavy atom. The fourth-order valence-corrected chi connectivity index (χ4v) is 4.34. The predicted octanol–water partition coefficient (Wildman–Crippen LogP) is 0.639. The lowest BCUT2D eigenvalue weighted by Crippen LogP contribution is -2.53. The number of aliphatic imine (C=N–C) groups is 1. The Labute approximate surface area is 182 Å². The number of sulfonamides is 1. The van der Waals surface area contributed by atoms with Gasteiger partial charge in [0.2, 0.25) is 10.0 Å². The summed E-state index contributed by atoms with van der Waals surface area (Å²) in [5.74, 6) is 0.647. The van der Waals surface area contributed by atoms with E-state index < -0.39 is 10.0 Å². The Morgan fingerprint density at radius 3 is 2.64 bits per heavy atom. The molecule has 0 atom stereocenters. The molecule has 0 unspecified atom stereocenters. The second-order valence-corrected chi connectivity index (χ2v) is 8.29. The summed E-state index contributed by atoms with van der Waals surface area (Å²) in [6, 6.07) is 1.57. The summed E-state index contributed by atoms with van der Waals surface area (Å²) in [6.45, 7) is 5.28. The Bertz CT molecular complexity index is 859. The van der Waals surface area contributed by atoms with E-state index in [-0.39, 0.29) is 29.7 Å². The molecule has 0 spiro atoms. The molecule has 0 aliphatic carbocycles. The van der Waals surface area contributed by atoms with E-state index in [0.717, 1.165) is 18.1 Å². The van der Waals surface area contributed by atoms with Crippen molar-refractivity contribution in [3.8, 4) is 0 Å². The van der Waals surface area contributed by atoms with Crippen LogP contribution in [0, 0.1) is 0 Å². The fourth-order valence-electron chi connectivity index (χ4n) is 2.91. The van der Waals surface area contributed by atoms with Gasteiger partial charge in [0.15, 0.2) is 5.96 Å². The number of aromatic nitrogens is 3. The lowest BCUT2D eigenvalue weighted by Gasteiger charge is -2.35. The van der Waals surface area contributed by atoms with Crippen LogP contribution in [0.1, 0.15) is 18.2 Å². The van der Waals surface area contributed by atoms with Crippen molar-refractivity contribution in [3.05, 3.63) is 36.0 Å². The number of hydrogen-bond donors (Lipinski definition) is 1. The molecule has 2 aromatic heterocycles. The summed E-state index contributed by atoms with van der Waals surface area (Å²) in [7, 11) is -1.54. The van der Waals surface area contributed by atoms with Gasteiger partial charge >= 0.3 is 0 Å². The minimum Gasteiger partial charge on any atom is -0.364 e. The molecule has 1 N–H and O–H groups in total. The number of nitrogens with zero attached hydrogens (tertiary/aromatic N) is 6. The molecule has 0 radical (unpaired) electrons. The molecular formula is C16H26IN7O3S. The summed E-state index contributed by atoms with van der Waals surface area (Å²) < 4.78 is 33.0. The fraction of sp³-hybridized carbons (Fsp3) is 0.562. The van der Waals surface area contributed by atoms with Crippen LogP contribution in [0.15, 0.2) is 34.2 Å². The Morgan fingerprint density at radius 1 is 1.32 bits per heavy atom. The van der Waals surface area contributed by atoms with Gasteiger partial charge in [-0.15, -0.1) is 24.0 Å². The quantitative estimate of drug-likeness (QED) is 0.336. The minimum absolute atomic E-state index is 0. The highest BCUT2D eigenvalue weighted by molar-refractivity contribution is 14.0. The number of hydrogen-bond acceptors (Lipinski definition) is 6. The maximum atomic E-state index is 12.5. The van der Waals surface area contributed by atoms with Gasteiger partial charge in [0, 0.05) is 57.6 Å². The van der Waals surface area contributed by atoms with Crippen LogP contribution < -0.4 is 5.32 Å². The zero-order chi connectivity index (χ0) is 19.3. The Kier molecular flexibility index (Phi) is 8.24. The number of rotatable bonds is 6. The zero-order valence-electron chi connectivity index (χ0n) is 16.0. The number of nitrogens with one attached hydrogen (secondary N) is 1. The molecule has 3 rings (SSSR count). The highest BCUT2D eigenvalue weighted by atomic mass is 127. The molecule has 3 heterocycles. The average molecular weight is 523 g/mol. The van der Waals surface area contributed by atoms with Crippen LogP contribution in [0.5, 0.6) is 0 Å². The van der Waals surface area contributed by atoms with Crippen molar-refractivity contribution in [1.29, 1.82) is 0 Å². The van der Waals surface area contributed by atoms with Gasteiger partial charge in [-0.2, -0.15) is 9.40 Å². The van der Waals surface area contributed by atoms with E-state index >= 15 is 0 Å². The first-order valence-corrected chi connectivity index (χ1v) is 10.5. The molecule has 1 aliphatic heterocycles. The van der Waals surface area contributed by atoms with Gasteiger partial charge in [0.25, 0.3) is 0 Å². The number of piperazine rings is 1. The second-order valence-electron chi connectivity index (χ2n) is 6.33. The van der Waals surface area contributed by atoms with Crippen molar-refractivity contribution in [2.24, 2.45) is 12.0 Å². The molecular weight excluding hydrogens is 497 g/mol. The third-order valence-corrected chi connectivity index (χ3v) is 6.07. The van der Waals surface area contributed by atoms with E-state index in [0.29, 0.717) is 38.4 Å². The van der Waals surface area contributed by atoms with Crippen molar-refractivity contribution in [2.75, 3.05) is 32.7 Å². The van der Waals surface area contributed by atoms with E-state index in [4.69, 9.17) is 4.52 Å². The molecule has 0 bridgehead atoms.